The van der Waals surface area contributed by atoms with Crippen molar-refractivity contribution < 1.29 is 4.74 Å². The molecule has 1 aromatic heterocycles. The number of nitrogens with one attached hydrogen (secondary N) is 2. The van der Waals surface area contributed by atoms with E-state index >= 15 is 0 Å². The maximum absolute atomic E-state index is 5.42. The van der Waals surface area contributed by atoms with E-state index in [1.54, 1.807) is 13.4 Å². The Morgan fingerprint density at radius 1 is 1.25 bits per heavy atom. The summed E-state index contributed by atoms with van der Waals surface area (Å²) >= 11 is 0. The van der Waals surface area contributed by atoms with E-state index in [9.17, 15) is 0 Å². The van der Waals surface area contributed by atoms with Crippen LogP contribution in [-0.4, -0.2) is 54.2 Å². The summed E-state index contributed by atoms with van der Waals surface area (Å²) in [4.78, 5) is 11.0. The van der Waals surface area contributed by atoms with Crippen molar-refractivity contribution in [2.45, 2.75) is 32.7 Å². The van der Waals surface area contributed by atoms with Gasteiger partial charge in [-0.1, -0.05) is 0 Å². The summed E-state index contributed by atoms with van der Waals surface area (Å²) in [6.07, 6.45) is 4.18. The highest BCUT2D eigenvalue weighted by atomic mass is 16.5. The van der Waals surface area contributed by atoms with Crippen LogP contribution in [0, 0.1) is 0 Å². The predicted octanol–water partition coefficient (Wildman–Crippen LogP) is 1.81. The topological polar surface area (TPSA) is 62.3 Å². The second-order valence-electron chi connectivity index (χ2n) is 5.11. The van der Waals surface area contributed by atoms with Gasteiger partial charge in [-0.15, -0.1) is 0 Å². The van der Waals surface area contributed by atoms with Gasteiger partial charge in [0.1, 0.15) is 6.33 Å². The molecule has 2 N–H and O–H groups in total. The molecule has 0 aliphatic carbocycles. The number of nitrogens with zero attached hydrogens (tertiary/aromatic N) is 3. The van der Waals surface area contributed by atoms with Crippen molar-refractivity contribution in [2.24, 2.45) is 0 Å². The molecule has 2 rings (SSSR count). The van der Waals surface area contributed by atoms with Crippen molar-refractivity contribution in [1.82, 2.24) is 14.9 Å². The zero-order valence-corrected chi connectivity index (χ0v) is 12.6. The summed E-state index contributed by atoms with van der Waals surface area (Å²) in [5.41, 5.74) is 0. The number of anilines is 2. The molecule has 2 heterocycles. The van der Waals surface area contributed by atoms with Crippen LogP contribution in [0.15, 0.2) is 6.33 Å². The molecule has 1 fully saturated rings. The highest BCUT2D eigenvalue weighted by Gasteiger charge is 2.19. The normalized spacial score (nSPS) is 16.9. The first-order valence-corrected chi connectivity index (χ1v) is 7.37. The van der Waals surface area contributed by atoms with E-state index in [1.807, 2.05) is 6.92 Å². The van der Waals surface area contributed by atoms with Crippen molar-refractivity contribution in [3.63, 3.8) is 0 Å². The molecular formula is C14H25N5O. The van der Waals surface area contributed by atoms with Crippen LogP contribution < -0.4 is 15.4 Å². The van der Waals surface area contributed by atoms with E-state index in [-0.39, 0.29) is 0 Å². The van der Waals surface area contributed by atoms with E-state index in [1.165, 1.54) is 25.9 Å². The summed E-state index contributed by atoms with van der Waals surface area (Å²) in [7, 11) is 1.65. The highest BCUT2D eigenvalue weighted by molar-refractivity contribution is 5.63. The largest absolute Gasteiger partial charge is 0.490 e. The number of ether oxygens (including phenoxy) is 1. The molecule has 1 atom stereocenters. The molecule has 1 aliphatic heterocycles. The third-order valence-electron chi connectivity index (χ3n) is 3.68. The van der Waals surface area contributed by atoms with Gasteiger partial charge in [0, 0.05) is 19.1 Å². The first kappa shape index (κ1) is 14.8. The Kier molecular flexibility index (Phi) is 5.40. The summed E-state index contributed by atoms with van der Waals surface area (Å²) in [5, 5.41) is 6.57. The number of rotatable bonds is 7. The fourth-order valence-corrected chi connectivity index (χ4v) is 2.54. The van der Waals surface area contributed by atoms with Crippen molar-refractivity contribution in [2.75, 3.05) is 43.9 Å². The summed E-state index contributed by atoms with van der Waals surface area (Å²) in [6, 6.07) is 0.500. The van der Waals surface area contributed by atoms with Gasteiger partial charge in [-0.25, -0.2) is 9.97 Å². The zero-order chi connectivity index (χ0) is 14.4. The molecule has 0 aromatic carbocycles. The number of hydrogen-bond donors (Lipinski definition) is 2. The Hall–Kier alpha value is -1.56. The summed E-state index contributed by atoms with van der Waals surface area (Å²) < 4.78 is 5.42. The second kappa shape index (κ2) is 7.28. The zero-order valence-electron chi connectivity index (χ0n) is 12.6. The SMILES string of the molecule is CCNc1ncnc(NCC(C)N2CCCC2)c1OC. The lowest BCUT2D eigenvalue weighted by Crippen LogP contribution is -2.35. The van der Waals surface area contributed by atoms with Gasteiger partial charge in [-0.05, 0) is 39.8 Å². The Labute approximate surface area is 120 Å². The first-order valence-electron chi connectivity index (χ1n) is 7.37. The van der Waals surface area contributed by atoms with Gasteiger partial charge in [0.15, 0.2) is 11.6 Å². The van der Waals surface area contributed by atoms with Gasteiger partial charge in [0.25, 0.3) is 0 Å². The van der Waals surface area contributed by atoms with Gasteiger partial charge in [-0.3, -0.25) is 4.90 Å². The molecule has 1 aliphatic rings. The lowest BCUT2D eigenvalue weighted by Gasteiger charge is -2.24. The second-order valence-corrected chi connectivity index (χ2v) is 5.11. The van der Waals surface area contributed by atoms with Gasteiger partial charge in [0.05, 0.1) is 7.11 Å². The minimum Gasteiger partial charge on any atom is -0.490 e. The minimum atomic E-state index is 0.500. The fraction of sp³-hybridized carbons (Fsp3) is 0.714. The highest BCUT2D eigenvalue weighted by Crippen LogP contribution is 2.28. The molecule has 20 heavy (non-hydrogen) atoms. The quantitative estimate of drug-likeness (QED) is 0.794. The molecule has 1 aromatic rings. The maximum atomic E-state index is 5.42. The molecule has 0 amide bonds. The molecule has 0 bridgehead atoms. The molecule has 0 spiro atoms. The average molecular weight is 279 g/mol. The van der Waals surface area contributed by atoms with Crippen LogP contribution in [0.3, 0.4) is 0 Å². The predicted molar refractivity (Wildman–Crippen MR) is 81.5 cm³/mol. The molecular weight excluding hydrogens is 254 g/mol. The lowest BCUT2D eigenvalue weighted by atomic mass is 10.3. The van der Waals surface area contributed by atoms with Gasteiger partial charge in [0.2, 0.25) is 5.75 Å². The van der Waals surface area contributed by atoms with Gasteiger partial charge < -0.3 is 15.4 Å². The molecule has 0 saturated carbocycles. The van der Waals surface area contributed by atoms with Crippen molar-refractivity contribution >= 4 is 11.6 Å². The number of methoxy groups -OCH3 is 1. The lowest BCUT2D eigenvalue weighted by molar-refractivity contribution is 0.269. The van der Waals surface area contributed by atoms with Crippen LogP contribution in [0.1, 0.15) is 26.7 Å². The van der Waals surface area contributed by atoms with Crippen LogP contribution in [0.25, 0.3) is 0 Å². The third kappa shape index (κ3) is 3.50. The van der Waals surface area contributed by atoms with E-state index in [2.05, 4.69) is 32.4 Å². The molecule has 6 nitrogen and oxygen atoms in total. The minimum absolute atomic E-state index is 0.500. The van der Waals surface area contributed by atoms with Crippen LogP contribution in [-0.2, 0) is 0 Å². The average Bonchev–Trinajstić information content (AvgIpc) is 2.99. The van der Waals surface area contributed by atoms with E-state index in [0.29, 0.717) is 11.8 Å². The van der Waals surface area contributed by atoms with Gasteiger partial charge in [-0.2, -0.15) is 0 Å². The standard InChI is InChI=1S/C14H25N5O/c1-4-15-13-12(20-3)14(18-10-17-13)16-9-11(2)19-7-5-6-8-19/h10-11H,4-9H2,1-3H3,(H2,15,16,17,18). The van der Waals surface area contributed by atoms with Crippen LogP contribution >= 0.6 is 0 Å². The number of hydrogen-bond acceptors (Lipinski definition) is 6. The Bertz CT molecular complexity index is 420. The Morgan fingerprint density at radius 3 is 2.50 bits per heavy atom. The van der Waals surface area contributed by atoms with Gasteiger partial charge >= 0.3 is 0 Å². The van der Waals surface area contributed by atoms with Crippen LogP contribution in [0.4, 0.5) is 11.6 Å². The summed E-state index contributed by atoms with van der Waals surface area (Å²) in [6.45, 7) is 8.34. The van der Waals surface area contributed by atoms with Crippen molar-refractivity contribution in [3.05, 3.63) is 6.33 Å². The van der Waals surface area contributed by atoms with Crippen LogP contribution in [0.5, 0.6) is 5.75 Å². The third-order valence-corrected chi connectivity index (χ3v) is 3.68. The number of likely N-dealkylation sites (tertiary alicyclic amines) is 1. The smallest absolute Gasteiger partial charge is 0.204 e. The van der Waals surface area contributed by atoms with E-state index < -0.39 is 0 Å². The van der Waals surface area contributed by atoms with E-state index in [0.717, 1.165) is 24.7 Å². The Balaban J connectivity index is 1.99. The monoisotopic (exact) mass is 279 g/mol. The van der Waals surface area contributed by atoms with E-state index in [4.69, 9.17) is 4.74 Å². The molecule has 112 valence electrons. The summed E-state index contributed by atoms with van der Waals surface area (Å²) in [5.74, 6) is 2.17. The molecule has 1 unspecified atom stereocenters. The first-order chi connectivity index (χ1) is 9.76. The fourth-order valence-electron chi connectivity index (χ4n) is 2.54. The molecule has 1 saturated heterocycles. The number of aromatic nitrogens is 2. The van der Waals surface area contributed by atoms with Crippen molar-refractivity contribution in [3.8, 4) is 5.75 Å². The van der Waals surface area contributed by atoms with Crippen molar-refractivity contribution in [1.29, 1.82) is 0 Å². The molecule has 0 radical (unpaired) electrons. The van der Waals surface area contributed by atoms with Crippen LogP contribution in [0.2, 0.25) is 0 Å². The Morgan fingerprint density at radius 2 is 1.90 bits per heavy atom. The maximum Gasteiger partial charge on any atom is 0.204 e. The molecule has 6 heteroatoms.